The van der Waals surface area contributed by atoms with Gasteiger partial charge in [0.2, 0.25) is 0 Å². The summed E-state index contributed by atoms with van der Waals surface area (Å²) in [5.74, 6) is -1.19. The number of rotatable bonds is 2. The summed E-state index contributed by atoms with van der Waals surface area (Å²) in [6.45, 7) is 6.91. The van der Waals surface area contributed by atoms with Crippen LogP contribution in [0.15, 0.2) is 34.9 Å². The second kappa shape index (κ2) is 6.46. The number of aryl methyl sites for hydroxylation is 1. The lowest BCUT2D eigenvalue weighted by Crippen LogP contribution is -2.27. The normalized spacial score (nSPS) is 11.8. The number of anilines is 2. The molecule has 2 aromatic carbocycles. The van der Waals surface area contributed by atoms with E-state index in [2.05, 4.69) is 26.3 Å². The molecule has 0 aliphatic heterocycles. The summed E-state index contributed by atoms with van der Waals surface area (Å²) in [5, 5.41) is 7.62. The molecule has 1 aromatic heterocycles. The third-order valence-corrected chi connectivity index (χ3v) is 4.78. The van der Waals surface area contributed by atoms with Crippen molar-refractivity contribution in [3.05, 3.63) is 52.1 Å². The molecule has 0 atom stereocenters. The van der Waals surface area contributed by atoms with Gasteiger partial charge in [0.15, 0.2) is 5.82 Å². The van der Waals surface area contributed by atoms with Gasteiger partial charge in [-0.15, -0.1) is 0 Å². The highest BCUT2D eigenvalue weighted by Gasteiger charge is 2.27. The molecule has 3 rings (SSSR count). The maximum absolute atomic E-state index is 15.0. The van der Waals surface area contributed by atoms with Gasteiger partial charge in [0, 0.05) is 16.5 Å². The molecule has 0 amide bonds. The van der Waals surface area contributed by atoms with Crippen LogP contribution in [-0.2, 0) is 0 Å². The van der Waals surface area contributed by atoms with Crippen LogP contribution in [0.5, 0.6) is 0 Å². The Labute approximate surface area is 158 Å². The topological polar surface area (TPSA) is 46.9 Å². The second-order valence-electron chi connectivity index (χ2n) is 7.19. The number of fused-ring (bicyclic) bond motifs is 1. The highest BCUT2D eigenvalue weighted by Crippen LogP contribution is 2.35. The fourth-order valence-corrected chi connectivity index (χ4v) is 2.97. The monoisotopic (exact) mass is 421 g/mol. The standard InChI is InChI=1S/C19H18BrF2N3O/c1-10-7-12(5-6-13(10)21)24-14-8-11-9-23-25(18(26)19(2,3)4)17(11)16(22)15(14)20/h5-9,24H,1-4H3. The molecule has 26 heavy (non-hydrogen) atoms. The van der Waals surface area contributed by atoms with E-state index in [4.69, 9.17) is 0 Å². The minimum absolute atomic E-state index is 0.123. The van der Waals surface area contributed by atoms with Crippen molar-refractivity contribution >= 4 is 44.1 Å². The van der Waals surface area contributed by atoms with E-state index in [0.29, 0.717) is 22.3 Å². The van der Waals surface area contributed by atoms with Gasteiger partial charge in [-0.1, -0.05) is 20.8 Å². The number of carbonyl (C=O) groups is 1. The molecule has 0 unspecified atom stereocenters. The van der Waals surface area contributed by atoms with E-state index in [-0.39, 0.29) is 21.7 Å². The Balaban J connectivity index is 2.08. The first-order valence-electron chi connectivity index (χ1n) is 8.03. The maximum atomic E-state index is 15.0. The van der Waals surface area contributed by atoms with E-state index < -0.39 is 11.2 Å². The van der Waals surface area contributed by atoms with Gasteiger partial charge in [0.25, 0.3) is 5.91 Å². The highest BCUT2D eigenvalue weighted by molar-refractivity contribution is 9.10. The fraction of sp³-hybridized carbons (Fsp3) is 0.263. The molecular formula is C19H18BrF2N3O. The van der Waals surface area contributed by atoms with Crippen molar-refractivity contribution in [1.82, 2.24) is 9.78 Å². The van der Waals surface area contributed by atoms with Gasteiger partial charge < -0.3 is 5.32 Å². The van der Waals surface area contributed by atoms with Crippen LogP contribution in [0.1, 0.15) is 31.1 Å². The number of nitrogens with zero attached hydrogens (tertiary/aromatic N) is 2. The highest BCUT2D eigenvalue weighted by atomic mass is 79.9. The average Bonchev–Trinajstić information content (AvgIpc) is 2.97. The zero-order valence-corrected chi connectivity index (χ0v) is 16.4. The predicted octanol–water partition coefficient (Wildman–Crippen LogP) is 5.82. The van der Waals surface area contributed by atoms with Crippen LogP contribution < -0.4 is 5.32 Å². The van der Waals surface area contributed by atoms with Gasteiger partial charge >= 0.3 is 0 Å². The Morgan fingerprint density at radius 1 is 1.23 bits per heavy atom. The predicted molar refractivity (Wildman–Crippen MR) is 102 cm³/mol. The van der Waals surface area contributed by atoms with E-state index in [9.17, 15) is 13.6 Å². The number of hydrogen-bond donors (Lipinski definition) is 1. The Bertz CT molecular complexity index is 1020. The number of aromatic nitrogens is 2. The fourth-order valence-electron chi connectivity index (χ4n) is 2.57. The van der Waals surface area contributed by atoms with Crippen molar-refractivity contribution in [2.75, 3.05) is 5.32 Å². The van der Waals surface area contributed by atoms with E-state index in [0.717, 1.165) is 4.68 Å². The summed E-state index contributed by atoms with van der Waals surface area (Å²) >= 11 is 3.25. The number of halogens is 3. The SMILES string of the molecule is Cc1cc(Nc2cc3cnn(C(=O)C(C)(C)C)c3c(F)c2Br)ccc1F. The first-order valence-corrected chi connectivity index (χ1v) is 8.82. The molecular weight excluding hydrogens is 404 g/mol. The van der Waals surface area contributed by atoms with E-state index in [1.807, 2.05) is 0 Å². The Morgan fingerprint density at radius 3 is 2.54 bits per heavy atom. The number of carbonyl (C=O) groups excluding carboxylic acids is 1. The molecule has 7 heteroatoms. The van der Waals surface area contributed by atoms with E-state index in [1.165, 1.54) is 12.3 Å². The van der Waals surface area contributed by atoms with Crippen LogP contribution in [0.4, 0.5) is 20.2 Å². The molecule has 136 valence electrons. The molecule has 1 N–H and O–H groups in total. The van der Waals surface area contributed by atoms with Crippen LogP contribution in [-0.4, -0.2) is 15.7 Å². The summed E-state index contributed by atoms with van der Waals surface area (Å²) in [6, 6.07) is 6.25. The minimum Gasteiger partial charge on any atom is -0.354 e. The van der Waals surface area contributed by atoms with Gasteiger partial charge in [0.1, 0.15) is 11.3 Å². The summed E-state index contributed by atoms with van der Waals surface area (Å²) < 4.78 is 29.7. The zero-order chi connectivity index (χ0) is 19.2. The van der Waals surface area contributed by atoms with Gasteiger partial charge in [-0.2, -0.15) is 9.78 Å². The average molecular weight is 422 g/mol. The van der Waals surface area contributed by atoms with Gasteiger partial charge in [0.05, 0.1) is 16.4 Å². The molecule has 0 saturated heterocycles. The maximum Gasteiger partial charge on any atom is 0.252 e. The third kappa shape index (κ3) is 3.23. The van der Waals surface area contributed by atoms with Crippen LogP contribution >= 0.6 is 15.9 Å². The van der Waals surface area contributed by atoms with Crippen molar-refractivity contribution in [3.8, 4) is 0 Å². The lowest BCUT2D eigenvalue weighted by Gasteiger charge is -2.17. The molecule has 0 fully saturated rings. The van der Waals surface area contributed by atoms with Crippen molar-refractivity contribution in [1.29, 1.82) is 0 Å². The second-order valence-corrected chi connectivity index (χ2v) is 7.98. The first kappa shape index (κ1) is 18.5. The van der Waals surface area contributed by atoms with Crippen LogP contribution in [0.2, 0.25) is 0 Å². The summed E-state index contributed by atoms with van der Waals surface area (Å²) in [4.78, 5) is 12.5. The van der Waals surface area contributed by atoms with E-state index in [1.54, 1.807) is 45.9 Å². The number of benzene rings is 2. The van der Waals surface area contributed by atoms with Crippen molar-refractivity contribution in [2.45, 2.75) is 27.7 Å². The lowest BCUT2D eigenvalue weighted by atomic mass is 9.96. The van der Waals surface area contributed by atoms with Gasteiger partial charge in [-0.3, -0.25) is 4.79 Å². The van der Waals surface area contributed by atoms with Crippen molar-refractivity contribution in [3.63, 3.8) is 0 Å². The Hall–Kier alpha value is -2.28. The molecule has 0 bridgehead atoms. The molecule has 0 radical (unpaired) electrons. The quantitative estimate of drug-likeness (QED) is 0.567. The van der Waals surface area contributed by atoms with Crippen LogP contribution in [0.3, 0.4) is 0 Å². The molecule has 0 saturated carbocycles. The summed E-state index contributed by atoms with van der Waals surface area (Å²) in [6.07, 6.45) is 1.45. The zero-order valence-electron chi connectivity index (χ0n) is 14.8. The smallest absolute Gasteiger partial charge is 0.252 e. The number of nitrogens with one attached hydrogen (secondary N) is 1. The largest absolute Gasteiger partial charge is 0.354 e. The minimum atomic E-state index is -0.694. The first-order chi connectivity index (χ1) is 12.1. The molecule has 0 aliphatic carbocycles. The lowest BCUT2D eigenvalue weighted by molar-refractivity contribution is 0.0754. The third-order valence-electron chi connectivity index (χ3n) is 4.01. The van der Waals surface area contributed by atoms with E-state index >= 15 is 0 Å². The molecule has 1 heterocycles. The van der Waals surface area contributed by atoms with Crippen LogP contribution in [0, 0.1) is 24.0 Å². The van der Waals surface area contributed by atoms with Crippen molar-refractivity contribution < 1.29 is 13.6 Å². The molecule has 0 aliphatic rings. The molecule has 3 aromatic rings. The van der Waals surface area contributed by atoms with Crippen molar-refractivity contribution in [2.24, 2.45) is 5.41 Å². The van der Waals surface area contributed by atoms with Crippen LogP contribution in [0.25, 0.3) is 10.9 Å². The summed E-state index contributed by atoms with van der Waals surface area (Å²) in [7, 11) is 0. The Kier molecular flexibility index (Phi) is 4.60. The van der Waals surface area contributed by atoms with Gasteiger partial charge in [-0.05, 0) is 52.7 Å². The number of hydrogen-bond acceptors (Lipinski definition) is 3. The summed E-state index contributed by atoms with van der Waals surface area (Å²) in [5.41, 5.74) is 1.000. The molecule has 4 nitrogen and oxygen atoms in total. The Morgan fingerprint density at radius 2 is 1.92 bits per heavy atom. The van der Waals surface area contributed by atoms with Gasteiger partial charge in [-0.25, -0.2) is 8.78 Å². The molecule has 0 spiro atoms.